The number of aryl methyl sites for hydroxylation is 2. The molecule has 1 aliphatic rings. The van der Waals surface area contributed by atoms with Gasteiger partial charge in [0.05, 0.1) is 0 Å². The molecule has 2 aromatic carbocycles. The van der Waals surface area contributed by atoms with Crippen LogP contribution in [0.2, 0.25) is 0 Å². The Morgan fingerprint density at radius 1 is 1.15 bits per heavy atom. The second-order valence-electron chi connectivity index (χ2n) is 6.34. The molecule has 2 amide bonds. The number of rotatable bonds is 5. The van der Waals surface area contributed by atoms with Crippen molar-refractivity contribution in [2.24, 2.45) is 0 Å². The van der Waals surface area contributed by atoms with Crippen molar-refractivity contribution in [3.05, 3.63) is 59.2 Å². The molecular formula is C20H20N2O4. The molecule has 1 aliphatic heterocycles. The molecule has 26 heavy (non-hydrogen) atoms. The third-order valence-electron chi connectivity index (χ3n) is 4.50. The average molecular weight is 352 g/mol. The number of nitrogens with zero attached hydrogens (tertiary/aromatic N) is 1. The van der Waals surface area contributed by atoms with E-state index < -0.39 is 5.97 Å². The Labute approximate surface area is 151 Å². The van der Waals surface area contributed by atoms with Crippen LogP contribution in [0.1, 0.15) is 34.3 Å². The highest BCUT2D eigenvalue weighted by molar-refractivity contribution is 6.05. The quantitative estimate of drug-likeness (QED) is 0.866. The van der Waals surface area contributed by atoms with E-state index in [1.165, 1.54) is 0 Å². The van der Waals surface area contributed by atoms with Gasteiger partial charge in [-0.2, -0.15) is 0 Å². The highest BCUT2D eigenvalue weighted by Crippen LogP contribution is 2.27. The number of hydrogen-bond acceptors (Lipinski definition) is 3. The Morgan fingerprint density at radius 2 is 1.96 bits per heavy atom. The van der Waals surface area contributed by atoms with E-state index in [1.807, 2.05) is 12.1 Å². The maximum atomic E-state index is 12.5. The normalized spacial score (nSPS) is 13.3. The van der Waals surface area contributed by atoms with Crippen LogP contribution >= 0.6 is 0 Å². The van der Waals surface area contributed by atoms with E-state index in [9.17, 15) is 14.4 Å². The third-order valence-corrected chi connectivity index (χ3v) is 4.50. The summed E-state index contributed by atoms with van der Waals surface area (Å²) in [7, 11) is 1.74. The van der Waals surface area contributed by atoms with Crippen LogP contribution in [-0.4, -0.2) is 29.9 Å². The summed E-state index contributed by atoms with van der Waals surface area (Å²) in [6.45, 7) is 0. The number of carboxylic acids is 1. The lowest BCUT2D eigenvalue weighted by molar-refractivity contribution is -0.137. The Hall–Kier alpha value is -3.15. The van der Waals surface area contributed by atoms with Crippen molar-refractivity contribution in [1.29, 1.82) is 0 Å². The molecule has 0 unspecified atom stereocenters. The van der Waals surface area contributed by atoms with Crippen molar-refractivity contribution < 1.29 is 19.5 Å². The first-order chi connectivity index (χ1) is 12.4. The van der Waals surface area contributed by atoms with Gasteiger partial charge in [0, 0.05) is 36.8 Å². The molecule has 0 bridgehead atoms. The van der Waals surface area contributed by atoms with E-state index in [2.05, 4.69) is 5.32 Å². The molecule has 0 aromatic heterocycles. The van der Waals surface area contributed by atoms with Gasteiger partial charge in [-0.25, -0.2) is 0 Å². The number of anilines is 2. The number of fused-ring (bicyclic) bond motifs is 1. The molecule has 0 fully saturated rings. The predicted octanol–water partition coefficient (Wildman–Crippen LogP) is 2.87. The van der Waals surface area contributed by atoms with Crippen molar-refractivity contribution >= 4 is 29.2 Å². The molecular weight excluding hydrogens is 332 g/mol. The summed E-state index contributed by atoms with van der Waals surface area (Å²) in [5, 5.41) is 11.6. The Morgan fingerprint density at radius 3 is 2.73 bits per heavy atom. The smallest absolute Gasteiger partial charge is 0.303 e. The predicted molar refractivity (Wildman–Crippen MR) is 98.5 cm³/mol. The SMILES string of the molecule is CN1C(=O)CCc2cc(C(=O)Nc3cccc(CCC(=O)O)c3)ccc21. The molecule has 2 aromatic rings. The summed E-state index contributed by atoms with van der Waals surface area (Å²) in [5.74, 6) is -1.01. The molecule has 0 atom stereocenters. The summed E-state index contributed by atoms with van der Waals surface area (Å²) < 4.78 is 0. The Bertz CT molecular complexity index is 876. The maximum absolute atomic E-state index is 12.5. The molecule has 134 valence electrons. The van der Waals surface area contributed by atoms with E-state index in [0.29, 0.717) is 30.5 Å². The average Bonchev–Trinajstić information content (AvgIpc) is 2.63. The maximum Gasteiger partial charge on any atom is 0.303 e. The fourth-order valence-corrected chi connectivity index (χ4v) is 3.06. The van der Waals surface area contributed by atoms with Crippen LogP contribution in [0.15, 0.2) is 42.5 Å². The molecule has 0 saturated carbocycles. The van der Waals surface area contributed by atoms with Crippen molar-refractivity contribution in [1.82, 2.24) is 0 Å². The topological polar surface area (TPSA) is 86.7 Å². The standard InChI is InChI=1S/C20H20N2O4/c1-22-17-8-6-15(12-14(17)7-9-18(22)23)20(26)21-16-4-2-3-13(11-16)5-10-19(24)25/h2-4,6,8,11-12H,5,7,9-10H2,1H3,(H,21,26)(H,24,25). The molecule has 2 N–H and O–H groups in total. The first-order valence-electron chi connectivity index (χ1n) is 8.45. The van der Waals surface area contributed by atoms with Crippen LogP contribution in [0.3, 0.4) is 0 Å². The first kappa shape index (κ1) is 17.7. The van der Waals surface area contributed by atoms with Gasteiger partial charge in [-0.3, -0.25) is 14.4 Å². The molecule has 0 saturated heterocycles. The van der Waals surface area contributed by atoms with Gasteiger partial charge in [-0.15, -0.1) is 0 Å². The highest BCUT2D eigenvalue weighted by atomic mass is 16.4. The number of aliphatic carboxylic acids is 1. The zero-order valence-corrected chi connectivity index (χ0v) is 14.5. The molecule has 1 heterocycles. The van der Waals surface area contributed by atoms with Crippen molar-refractivity contribution in [2.75, 3.05) is 17.3 Å². The fraction of sp³-hybridized carbons (Fsp3) is 0.250. The van der Waals surface area contributed by atoms with Crippen LogP contribution in [0.5, 0.6) is 0 Å². The van der Waals surface area contributed by atoms with Crippen molar-refractivity contribution in [2.45, 2.75) is 25.7 Å². The summed E-state index contributed by atoms with van der Waals surface area (Å²) in [4.78, 5) is 36.6. The van der Waals surface area contributed by atoms with E-state index >= 15 is 0 Å². The molecule has 0 radical (unpaired) electrons. The number of nitrogens with one attached hydrogen (secondary N) is 1. The number of amides is 2. The van der Waals surface area contributed by atoms with E-state index in [4.69, 9.17) is 5.11 Å². The third kappa shape index (κ3) is 3.91. The highest BCUT2D eigenvalue weighted by Gasteiger charge is 2.21. The van der Waals surface area contributed by atoms with E-state index in [1.54, 1.807) is 42.3 Å². The number of benzene rings is 2. The van der Waals surface area contributed by atoms with Crippen LogP contribution < -0.4 is 10.2 Å². The summed E-state index contributed by atoms with van der Waals surface area (Å²) in [6, 6.07) is 12.5. The van der Waals surface area contributed by atoms with E-state index in [-0.39, 0.29) is 18.2 Å². The largest absolute Gasteiger partial charge is 0.481 e. The zero-order valence-electron chi connectivity index (χ0n) is 14.5. The van der Waals surface area contributed by atoms with Gasteiger partial charge in [0.2, 0.25) is 5.91 Å². The lowest BCUT2D eigenvalue weighted by Gasteiger charge is -2.26. The minimum atomic E-state index is -0.850. The molecule has 0 spiro atoms. The molecule has 3 rings (SSSR count). The van der Waals surface area contributed by atoms with Gasteiger partial charge in [0.15, 0.2) is 0 Å². The first-order valence-corrected chi connectivity index (χ1v) is 8.45. The van der Waals surface area contributed by atoms with Gasteiger partial charge in [0.1, 0.15) is 0 Å². The minimum absolute atomic E-state index is 0.0501. The number of carboxylic acid groups (broad SMARTS) is 1. The van der Waals surface area contributed by atoms with Gasteiger partial charge in [0.25, 0.3) is 5.91 Å². The summed E-state index contributed by atoms with van der Waals surface area (Å²) in [6.07, 6.45) is 1.54. The van der Waals surface area contributed by atoms with Gasteiger partial charge >= 0.3 is 5.97 Å². The second-order valence-corrected chi connectivity index (χ2v) is 6.34. The van der Waals surface area contributed by atoms with Gasteiger partial charge < -0.3 is 15.3 Å². The second kappa shape index (κ2) is 7.39. The number of carbonyl (C=O) groups excluding carboxylic acids is 2. The number of carbonyl (C=O) groups is 3. The Balaban J connectivity index is 1.73. The molecule has 0 aliphatic carbocycles. The summed E-state index contributed by atoms with van der Waals surface area (Å²) >= 11 is 0. The van der Waals surface area contributed by atoms with Crippen LogP contribution in [0.4, 0.5) is 11.4 Å². The number of hydrogen-bond donors (Lipinski definition) is 2. The monoisotopic (exact) mass is 352 g/mol. The fourth-order valence-electron chi connectivity index (χ4n) is 3.06. The van der Waals surface area contributed by atoms with Gasteiger partial charge in [-0.05, 0) is 54.3 Å². The Kier molecular flexibility index (Phi) is 5.02. The van der Waals surface area contributed by atoms with Crippen LogP contribution in [-0.2, 0) is 22.4 Å². The lowest BCUT2D eigenvalue weighted by atomic mass is 9.99. The van der Waals surface area contributed by atoms with Crippen LogP contribution in [0.25, 0.3) is 0 Å². The molecule has 6 nitrogen and oxygen atoms in total. The van der Waals surface area contributed by atoms with E-state index in [0.717, 1.165) is 16.8 Å². The van der Waals surface area contributed by atoms with Crippen molar-refractivity contribution in [3.63, 3.8) is 0 Å². The van der Waals surface area contributed by atoms with Crippen molar-refractivity contribution in [3.8, 4) is 0 Å². The minimum Gasteiger partial charge on any atom is -0.481 e. The van der Waals surface area contributed by atoms with Gasteiger partial charge in [-0.1, -0.05) is 12.1 Å². The lowest BCUT2D eigenvalue weighted by Crippen LogP contribution is -2.31. The molecule has 6 heteroatoms. The summed E-state index contributed by atoms with van der Waals surface area (Å²) in [5.41, 5.74) is 3.84. The van der Waals surface area contributed by atoms with Crippen LogP contribution in [0, 0.1) is 0 Å². The zero-order chi connectivity index (χ0) is 18.7.